The van der Waals surface area contributed by atoms with Gasteiger partial charge in [0.1, 0.15) is 17.6 Å². The van der Waals surface area contributed by atoms with E-state index in [4.69, 9.17) is 0 Å². The molecule has 0 bridgehead atoms. The molecule has 1 aromatic heterocycles. The van der Waals surface area contributed by atoms with E-state index in [0.717, 1.165) is 12.0 Å². The molecule has 1 amide bonds. The maximum atomic E-state index is 12.9. The second-order valence-corrected chi connectivity index (χ2v) is 7.70. The lowest BCUT2D eigenvalue weighted by Gasteiger charge is -2.22. The summed E-state index contributed by atoms with van der Waals surface area (Å²) in [6.45, 7) is 2.44. The SMILES string of the molecule is CC(F)(F)Oc1ccc(NC(=O)c2cnc(N3CCC(O)C3)c(C3CCN=N3)c2)cc1. The quantitative estimate of drug-likeness (QED) is 0.725. The molecule has 0 saturated carbocycles. The first-order valence-electron chi connectivity index (χ1n) is 10.1. The first-order chi connectivity index (χ1) is 14.8. The summed E-state index contributed by atoms with van der Waals surface area (Å²) in [5, 5.41) is 20.9. The van der Waals surface area contributed by atoms with Crippen LogP contribution in [0.1, 0.15) is 41.7 Å². The van der Waals surface area contributed by atoms with Crippen LogP contribution in [-0.4, -0.2) is 47.8 Å². The summed E-state index contributed by atoms with van der Waals surface area (Å²) in [7, 11) is 0. The van der Waals surface area contributed by atoms with Crippen LogP contribution in [0, 0.1) is 0 Å². The number of amides is 1. The standard InChI is InChI=1S/C21H23F2N5O3/c1-21(22,23)31-16-4-2-14(3-5-16)26-20(30)13-10-17(18-6-8-25-27-18)19(24-11-13)28-9-7-15(29)12-28/h2-5,10-11,15,18,29H,6-9,12H2,1H3,(H,26,30). The van der Waals surface area contributed by atoms with Crippen molar-refractivity contribution in [2.45, 2.75) is 38.0 Å². The van der Waals surface area contributed by atoms with Crippen LogP contribution in [0.25, 0.3) is 0 Å². The molecule has 0 spiro atoms. The van der Waals surface area contributed by atoms with Gasteiger partial charge in [-0.1, -0.05) is 0 Å². The molecule has 2 aromatic rings. The molecule has 2 N–H and O–H groups in total. The molecule has 164 valence electrons. The molecule has 2 aliphatic heterocycles. The maximum absolute atomic E-state index is 12.9. The molecule has 0 radical (unpaired) electrons. The topological polar surface area (TPSA) is 99.4 Å². The predicted molar refractivity (Wildman–Crippen MR) is 110 cm³/mol. The van der Waals surface area contributed by atoms with Crippen LogP contribution >= 0.6 is 0 Å². The van der Waals surface area contributed by atoms with Crippen molar-refractivity contribution in [3.05, 3.63) is 47.7 Å². The zero-order chi connectivity index (χ0) is 22.0. The number of rotatable bonds is 6. The number of carbonyl (C=O) groups excluding carboxylic acids is 1. The number of pyridine rings is 1. The monoisotopic (exact) mass is 431 g/mol. The van der Waals surface area contributed by atoms with Gasteiger partial charge in [0.15, 0.2) is 0 Å². The van der Waals surface area contributed by atoms with Gasteiger partial charge in [0.2, 0.25) is 0 Å². The second-order valence-electron chi connectivity index (χ2n) is 7.70. The molecule has 8 nitrogen and oxygen atoms in total. The summed E-state index contributed by atoms with van der Waals surface area (Å²) in [4.78, 5) is 19.3. The Morgan fingerprint density at radius 2 is 2.06 bits per heavy atom. The highest BCUT2D eigenvalue weighted by Crippen LogP contribution is 2.34. The van der Waals surface area contributed by atoms with Crippen molar-refractivity contribution in [2.75, 3.05) is 29.9 Å². The molecular formula is C21H23F2N5O3. The summed E-state index contributed by atoms with van der Waals surface area (Å²) in [5.74, 6) is 0.324. The average molecular weight is 431 g/mol. The van der Waals surface area contributed by atoms with Gasteiger partial charge in [0, 0.05) is 37.5 Å². The zero-order valence-corrected chi connectivity index (χ0v) is 17.0. The van der Waals surface area contributed by atoms with Gasteiger partial charge in [0.25, 0.3) is 5.91 Å². The number of nitrogens with one attached hydrogen (secondary N) is 1. The summed E-state index contributed by atoms with van der Waals surface area (Å²) in [5.41, 5.74) is 1.59. The van der Waals surface area contributed by atoms with Crippen LogP contribution in [0.15, 0.2) is 46.8 Å². The van der Waals surface area contributed by atoms with Crippen molar-refractivity contribution in [3.63, 3.8) is 0 Å². The minimum absolute atomic E-state index is 0.00167. The maximum Gasteiger partial charge on any atom is 0.394 e. The molecule has 4 rings (SSSR count). The minimum atomic E-state index is -3.28. The summed E-state index contributed by atoms with van der Waals surface area (Å²) >= 11 is 0. The summed E-state index contributed by atoms with van der Waals surface area (Å²) in [6, 6.07) is 7.26. The lowest BCUT2D eigenvalue weighted by Crippen LogP contribution is -2.24. The number of hydrogen-bond acceptors (Lipinski definition) is 7. The van der Waals surface area contributed by atoms with Crippen LogP contribution in [0.4, 0.5) is 20.3 Å². The summed E-state index contributed by atoms with van der Waals surface area (Å²) in [6.07, 6.45) is -0.793. The van der Waals surface area contributed by atoms with Crippen molar-refractivity contribution in [1.29, 1.82) is 0 Å². The number of alkyl halides is 2. The van der Waals surface area contributed by atoms with E-state index < -0.39 is 12.2 Å². The smallest absolute Gasteiger partial charge is 0.394 e. The number of aliphatic hydroxyl groups is 1. The van der Waals surface area contributed by atoms with E-state index in [1.807, 2.05) is 4.90 Å². The number of azo groups is 1. The number of anilines is 2. The molecule has 2 aliphatic rings. The van der Waals surface area contributed by atoms with Crippen LogP contribution in [0.3, 0.4) is 0 Å². The largest absolute Gasteiger partial charge is 0.433 e. The molecule has 1 saturated heterocycles. The molecule has 1 fully saturated rings. The highest BCUT2D eigenvalue weighted by molar-refractivity contribution is 6.04. The normalized spacial score (nSPS) is 20.8. The third kappa shape index (κ3) is 5.13. The number of ether oxygens (including phenoxy) is 1. The van der Waals surface area contributed by atoms with Gasteiger partial charge < -0.3 is 20.1 Å². The zero-order valence-electron chi connectivity index (χ0n) is 17.0. The highest BCUT2D eigenvalue weighted by atomic mass is 19.3. The van der Waals surface area contributed by atoms with E-state index in [9.17, 15) is 18.7 Å². The summed E-state index contributed by atoms with van der Waals surface area (Å²) < 4.78 is 30.4. The fourth-order valence-electron chi connectivity index (χ4n) is 3.67. The Kier molecular flexibility index (Phi) is 5.81. The van der Waals surface area contributed by atoms with E-state index in [1.54, 1.807) is 6.07 Å². The predicted octanol–water partition coefficient (Wildman–Crippen LogP) is 3.79. The van der Waals surface area contributed by atoms with Crippen LogP contribution in [0.5, 0.6) is 5.75 Å². The van der Waals surface area contributed by atoms with Crippen LogP contribution in [-0.2, 0) is 0 Å². The third-order valence-corrected chi connectivity index (χ3v) is 5.11. The number of aliphatic hydroxyl groups excluding tert-OH is 1. The Hall–Kier alpha value is -3.14. The first-order valence-corrected chi connectivity index (χ1v) is 10.1. The number of aromatic nitrogens is 1. The van der Waals surface area contributed by atoms with Gasteiger partial charge >= 0.3 is 6.11 Å². The van der Waals surface area contributed by atoms with Gasteiger partial charge in [-0.05, 0) is 43.2 Å². The number of hydrogen-bond donors (Lipinski definition) is 2. The average Bonchev–Trinajstić information content (AvgIpc) is 3.40. The molecule has 2 unspecified atom stereocenters. The number of nitrogens with zero attached hydrogens (tertiary/aromatic N) is 4. The molecule has 10 heteroatoms. The van der Waals surface area contributed by atoms with Crippen molar-refractivity contribution in [1.82, 2.24) is 4.98 Å². The van der Waals surface area contributed by atoms with Gasteiger partial charge in [-0.25, -0.2) is 4.98 Å². The van der Waals surface area contributed by atoms with Crippen LogP contribution in [0.2, 0.25) is 0 Å². The van der Waals surface area contributed by atoms with E-state index in [-0.39, 0.29) is 17.7 Å². The molecule has 2 atom stereocenters. The Morgan fingerprint density at radius 3 is 2.68 bits per heavy atom. The second kappa shape index (κ2) is 8.54. The Labute approximate surface area is 178 Å². The lowest BCUT2D eigenvalue weighted by molar-refractivity contribution is -0.158. The van der Waals surface area contributed by atoms with Gasteiger partial charge in [-0.15, -0.1) is 0 Å². The Balaban J connectivity index is 1.52. The minimum Gasteiger partial charge on any atom is -0.433 e. The van der Waals surface area contributed by atoms with Gasteiger partial charge in [-0.2, -0.15) is 19.0 Å². The molecule has 3 heterocycles. The molecule has 31 heavy (non-hydrogen) atoms. The van der Waals surface area contributed by atoms with Crippen molar-refractivity contribution in [3.8, 4) is 5.75 Å². The third-order valence-electron chi connectivity index (χ3n) is 5.11. The van der Waals surface area contributed by atoms with E-state index in [0.29, 0.717) is 50.0 Å². The molecule has 0 aliphatic carbocycles. The van der Waals surface area contributed by atoms with Crippen LogP contribution < -0.4 is 15.0 Å². The van der Waals surface area contributed by atoms with E-state index >= 15 is 0 Å². The number of carbonyl (C=O) groups is 1. The van der Waals surface area contributed by atoms with E-state index in [2.05, 4.69) is 25.3 Å². The number of halogens is 2. The van der Waals surface area contributed by atoms with Gasteiger partial charge in [0.05, 0.1) is 18.2 Å². The number of β-amino-alcohol motifs (C(OH)–C–C–N with tert-alkyl or cyclic N) is 1. The van der Waals surface area contributed by atoms with Gasteiger partial charge in [-0.3, -0.25) is 4.79 Å². The fraction of sp³-hybridized carbons (Fsp3) is 0.429. The van der Waals surface area contributed by atoms with E-state index in [1.165, 1.54) is 30.5 Å². The number of benzene rings is 1. The highest BCUT2D eigenvalue weighted by Gasteiger charge is 2.28. The van der Waals surface area contributed by atoms with Crippen molar-refractivity contribution >= 4 is 17.4 Å². The Bertz CT molecular complexity index is 978. The van der Waals surface area contributed by atoms with Crippen molar-refractivity contribution in [2.24, 2.45) is 10.2 Å². The molecule has 1 aromatic carbocycles. The molecular weight excluding hydrogens is 408 g/mol. The van der Waals surface area contributed by atoms with Crippen molar-refractivity contribution < 1.29 is 23.4 Å². The lowest BCUT2D eigenvalue weighted by atomic mass is 10.0. The Morgan fingerprint density at radius 1 is 1.29 bits per heavy atom. The first kappa shape index (κ1) is 21.1. The fourth-order valence-corrected chi connectivity index (χ4v) is 3.67.